The number of aromatic nitrogens is 3. The Labute approximate surface area is 139 Å². The highest BCUT2D eigenvalue weighted by Crippen LogP contribution is 2.25. The quantitative estimate of drug-likeness (QED) is 0.599. The minimum Gasteiger partial charge on any atom is -0.459 e. The Balaban J connectivity index is 1.60. The van der Waals surface area contributed by atoms with Gasteiger partial charge in [0.15, 0.2) is 0 Å². The van der Waals surface area contributed by atoms with Gasteiger partial charge >= 0.3 is 0 Å². The molecule has 0 spiro atoms. The Hall–Kier alpha value is -3.08. The van der Waals surface area contributed by atoms with E-state index in [9.17, 15) is 0 Å². The Morgan fingerprint density at radius 2 is 2.12 bits per heavy atom. The molecule has 24 heavy (non-hydrogen) atoms. The molecule has 0 amide bonds. The van der Waals surface area contributed by atoms with Gasteiger partial charge in [0.1, 0.15) is 11.3 Å². The molecule has 1 N–H and O–H groups in total. The molecule has 0 saturated carbocycles. The predicted octanol–water partition coefficient (Wildman–Crippen LogP) is 4.19. The van der Waals surface area contributed by atoms with E-state index in [0.717, 1.165) is 34.5 Å². The molecule has 0 fully saturated rings. The zero-order chi connectivity index (χ0) is 16.4. The number of rotatable bonds is 5. The van der Waals surface area contributed by atoms with Gasteiger partial charge in [0.25, 0.3) is 0 Å². The van der Waals surface area contributed by atoms with Gasteiger partial charge in [0.2, 0.25) is 0 Å². The lowest BCUT2D eigenvalue weighted by Gasteiger charge is -2.10. The van der Waals surface area contributed by atoms with Gasteiger partial charge in [0, 0.05) is 24.0 Å². The Morgan fingerprint density at radius 1 is 1.17 bits per heavy atom. The second-order valence-electron chi connectivity index (χ2n) is 5.60. The molecule has 0 radical (unpaired) electrons. The molecule has 5 heteroatoms. The summed E-state index contributed by atoms with van der Waals surface area (Å²) in [4.78, 5) is 4.20. The van der Waals surface area contributed by atoms with Gasteiger partial charge in [-0.05, 0) is 30.2 Å². The van der Waals surface area contributed by atoms with E-state index >= 15 is 0 Å². The number of para-hydroxylation sites is 1. The lowest BCUT2D eigenvalue weighted by Crippen LogP contribution is -2.04. The first-order chi connectivity index (χ1) is 11.8. The van der Waals surface area contributed by atoms with Crippen LogP contribution in [0.4, 0.5) is 5.69 Å². The third-order valence-corrected chi connectivity index (χ3v) is 4.06. The molecule has 1 aromatic carbocycles. The molecule has 0 aliphatic rings. The molecule has 0 atom stereocenters. The Bertz CT molecular complexity index is 957. The summed E-state index contributed by atoms with van der Waals surface area (Å²) in [5.41, 5.74) is 4.09. The van der Waals surface area contributed by atoms with Crippen LogP contribution in [0.2, 0.25) is 0 Å². The topological polar surface area (TPSA) is 55.9 Å². The van der Waals surface area contributed by atoms with E-state index in [2.05, 4.69) is 46.6 Å². The average molecular weight is 318 g/mol. The summed E-state index contributed by atoms with van der Waals surface area (Å²) in [5.74, 6) is 0.904. The number of anilines is 1. The van der Waals surface area contributed by atoms with E-state index in [0.29, 0.717) is 6.54 Å². The van der Waals surface area contributed by atoms with Gasteiger partial charge in [-0.2, -0.15) is 5.10 Å². The number of fused-ring (bicyclic) bond motifs is 1. The largest absolute Gasteiger partial charge is 0.459 e. The fraction of sp³-hybridized carbons (Fsp3) is 0.158. The zero-order valence-electron chi connectivity index (χ0n) is 13.4. The smallest absolute Gasteiger partial charge is 0.137 e. The van der Waals surface area contributed by atoms with Crippen LogP contribution in [-0.2, 0) is 13.0 Å². The molecule has 4 rings (SSSR count). The van der Waals surface area contributed by atoms with Crippen molar-refractivity contribution in [1.29, 1.82) is 0 Å². The highest BCUT2D eigenvalue weighted by Gasteiger charge is 2.09. The van der Waals surface area contributed by atoms with Gasteiger partial charge in [-0.25, -0.2) is 4.68 Å². The number of pyridine rings is 1. The van der Waals surface area contributed by atoms with Crippen molar-refractivity contribution >= 4 is 16.7 Å². The molecule has 0 aliphatic carbocycles. The second kappa shape index (κ2) is 6.20. The second-order valence-corrected chi connectivity index (χ2v) is 5.60. The van der Waals surface area contributed by atoms with Gasteiger partial charge in [0.05, 0.1) is 24.1 Å². The van der Waals surface area contributed by atoms with Gasteiger partial charge in [-0.1, -0.05) is 25.1 Å². The first kappa shape index (κ1) is 14.5. The monoisotopic (exact) mass is 318 g/mol. The Kier molecular flexibility index (Phi) is 3.75. The lowest BCUT2D eigenvalue weighted by atomic mass is 10.1. The van der Waals surface area contributed by atoms with Crippen molar-refractivity contribution in [1.82, 2.24) is 14.8 Å². The molecule has 3 heterocycles. The number of aryl methyl sites for hydroxylation is 1. The summed E-state index contributed by atoms with van der Waals surface area (Å²) >= 11 is 0. The maximum absolute atomic E-state index is 6.04. The van der Waals surface area contributed by atoms with Crippen LogP contribution < -0.4 is 5.32 Å². The molecule has 4 aromatic rings. The van der Waals surface area contributed by atoms with E-state index in [1.54, 1.807) is 18.6 Å². The summed E-state index contributed by atoms with van der Waals surface area (Å²) < 4.78 is 7.85. The number of nitrogens with one attached hydrogen (secondary N) is 1. The van der Waals surface area contributed by atoms with Gasteiger partial charge in [-0.3, -0.25) is 4.98 Å². The number of hydrogen-bond donors (Lipinski definition) is 1. The Morgan fingerprint density at radius 3 is 2.96 bits per heavy atom. The van der Waals surface area contributed by atoms with Crippen LogP contribution in [0.5, 0.6) is 0 Å². The molecule has 0 aliphatic heterocycles. The minimum atomic E-state index is 0.595. The summed E-state index contributed by atoms with van der Waals surface area (Å²) in [6.45, 7) is 2.74. The number of hydrogen-bond acceptors (Lipinski definition) is 4. The number of benzene rings is 1. The van der Waals surface area contributed by atoms with Crippen molar-refractivity contribution in [2.24, 2.45) is 0 Å². The molecule has 0 bridgehead atoms. The van der Waals surface area contributed by atoms with E-state index < -0.39 is 0 Å². The van der Waals surface area contributed by atoms with Gasteiger partial charge < -0.3 is 9.73 Å². The molecule has 3 aromatic heterocycles. The van der Waals surface area contributed by atoms with Crippen LogP contribution in [0.1, 0.15) is 18.2 Å². The van der Waals surface area contributed by atoms with E-state index in [4.69, 9.17) is 4.42 Å². The predicted molar refractivity (Wildman–Crippen MR) is 94.3 cm³/mol. The first-order valence-electron chi connectivity index (χ1n) is 8.03. The first-order valence-corrected chi connectivity index (χ1v) is 8.03. The summed E-state index contributed by atoms with van der Waals surface area (Å²) in [5, 5.41) is 8.83. The summed E-state index contributed by atoms with van der Waals surface area (Å²) in [6.07, 6.45) is 8.20. The van der Waals surface area contributed by atoms with E-state index in [-0.39, 0.29) is 0 Å². The molecular formula is C19H18N4O. The van der Waals surface area contributed by atoms with Gasteiger partial charge in [-0.15, -0.1) is 0 Å². The zero-order valence-corrected chi connectivity index (χ0v) is 13.4. The van der Waals surface area contributed by atoms with E-state index in [1.165, 1.54) is 5.56 Å². The third-order valence-electron chi connectivity index (χ3n) is 4.06. The van der Waals surface area contributed by atoms with Crippen LogP contribution >= 0.6 is 0 Å². The van der Waals surface area contributed by atoms with Crippen molar-refractivity contribution < 1.29 is 4.42 Å². The van der Waals surface area contributed by atoms with Crippen LogP contribution in [-0.4, -0.2) is 14.8 Å². The standard InChI is InChI=1S/C19H18N4O/c1-2-14-5-3-6-15-11-16(24-19(14)15)12-21-17-13-20-9-7-18(17)23-10-4-8-22-23/h3-11,13,21H,2,12H2,1H3. The SMILES string of the molecule is CCc1cccc2cc(CNc3cnccc3-n3cccn3)oc12. The number of nitrogens with zero attached hydrogens (tertiary/aromatic N) is 3. The molecule has 5 nitrogen and oxygen atoms in total. The number of furan rings is 1. The third kappa shape index (κ3) is 2.65. The summed E-state index contributed by atoms with van der Waals surface area (Å²) in [6, 6.07) is 12.2. The molecule has 0 unspecified atom stereocenters. The maximum atomic E-state index is 6.04. The molecular weight excluding hydrogens is 300 g/mol. The van der Waals surface area contributed by atoms with Crippen LogP contribution in [0.25, 0.3) is 16.7 Å². The van der Waals surface area contributed by atoms with Crippen molar-refractivity contribution in [3.05, 3.63) is 72.5 Å². The highest BCUT2D eigenvalue weighted by atomic mass is 16.3. The summed E-state index contributed by atoms with van der Waals surface area (Å²) in [7, 11) is 0. The normalized spacial score (nSPS) is 11.0. The van der Waals surface area contributed by atoms with Crippen LogP contribution in [0.15, 0.2) is 65.6 Å². The lowest BCUT2D eigenvalue weighted by molar-refractivity contribution is 0.556. The van der Waals surface area contributed by atoms with E-state index in [1.807, 2.05) is 23.0 Å². The minimum absolute atomic E-state index is 0.595. The fourth-order valence-corrected chi connectivity index (χ4v) is 2.86. The maximum Gasteiger partial charge on any atom is 0.137 e. The average Bonchev–Trinajstić information content (AvgIpc) is 3.29. The van der Waals surface area contributed by atoms with Crippen molar-refractivity contribution in [2.75, 3.05) is 5.32 Å². The van der Waals surface area contributed by atoms with Crippen LogP contribution in [0.3, 0.4) is 0 Å². The van der Waals surface area contributed by atoms with Crippen molar-refractivity contribution in [3.63, 3.8) is 0 Å². The molecule has 0 saturated heterocycles. The fourth-order valence-electron chi connectivity index (χ4n) is 2.86. The van der Waals surface area contributed by atoms with Crippen molar-refractivity contribution in [2.45, 2.75) is 19.9 Å². The van der Waals surface area contributed by atoms with Crippen LogP contribution in [0, 0.1) is 0 Å². The molecule has 120 valence electrons. The highest BCUT2D eigenvalue weighted by molar-refractivity contribution is 5.81. The van der Waals surface area contributed by atoms with Crippen molar-refractivity contribution in [3.8, 4) is 5.69 Å².